The molecule has 0 saturated carbocycles. The highest BCUT2D eigenvalue weighted by Crippen LogP contribution is 2.24. The van der Waals surface area contributed by atoms with E-state index in [1.165, 1.54) is 0 Å². The first-order chi connectivity index (χ1) is 18.2. The Bertz CT molecular complexity index is 1440. The zero-order valence-electron chi connectivity index (χ0n) is 19.8. The van der Waals surface area contributed by atoms with Crippen LogP contribution in [0.4, 0.5) is 0 Å². The van der Waals surface area contributed by atoms with Crippen molar-refractivity contribution in [3.63, 3.8) is 0 Å². The summed E-state index contributed by atoms with van der Waals surface area (Å²) in [5.41, 5.74) is 4.73. The molecule has 2 heterocycles. The van der Waals surface area contributed by atoms with Crippen LogP contribution in [-0.2, 0) is 13.1 Å². The first-order valence-electron chi connectivity index (χ1n) is 11.8. The molecule has 0 aliphatic carbocycles. The summed E-state index contributed by atoms with van der Waals surface area (Å²) in [6.07, 6.45) is 0.949. The summed E-state index contributed by atoms with van der Waals surface area (Å²) in [5.74, 6) is 0.885. The summed E-state index contributed by atoms with van der Waals surface area (Å²) in [7, 11) is 0. The van der Waals surface area contributed by atoms with Crippen LogP contribution in [0.25, 0.3) is 16.9 Å². The summed E-state index contributed by atoms with van der Waals surface area (Å²) < 4.78 is 1.76. The van der Waals surface area contributed by atoms with E-state index < -0.39 is 0 Å². The second-order valence-corrected chi connectivity index (χ2v) is 10.1. The third-order valence-corrected chi connectivity index (χ3v) is 7.29. The highest BCUT2D eigenvalue weighted by Gasteiger charge is 2.14. The van der Waals surface area contributed by atoms with Crippen molar-refractivity contribution in [2.24, 2.45) is 0 Å². The second-order valence-electron chi connectivity index (χ2n) is 8.23. The van der Waals surface area contributed by atoms with E-state index in [4.69, 9.17) is 33.4 Å². The molecule has 2 aromatic heterocycles. The van der Waals surface area contributed by atoms with Gasteiger partial charge >= 0.3 is 0 Å². The minimum Gasteiger partial charge on any atom is -0.311 e. The van der Waals surface area contributed by atoms with Gasteiger partial charge in [-0.15, -0.1) is 5.10 Å². The number of para-hydroxylation sites is 1. The largest absolute Gasteiger partial charge is 0.311 e. The molecular weight excluding hydrogens is 527 g/mol. The average molecular weight is 552 g/mol. The highest BCUT2D eigenvalue weighted by molar-refractivity contribution is 7.99. The molecule has 11 heteroatoms. The first-order valence-corrected chi connectivity index (χ1v) is 13.5. The van der Waals surface area contributed by atoms with Gasteiger partial charge in [-0.25, -0.2) is 0 Å². The topological polar surface area (TPSA) is 86.3 Å². The van der Waals surface area contributed by atoms with Gasteiger partial charge in [-0.3, -0.25) is 0 Å². The van der Waals surface area contributed by atoms with Crippen molar-refractivity contribution in [1.82, 2.24) is 40.5 Å². The van der Waals surface area contributed by atoms with Gasteiger partial charge in [-0.2, -0.15) is 19.7 Å². The fourth-order valence-corrected chi connectivity index (χ4v) is 4.91. The van der Waals surface area contributed by atoms with Gasteiger partial charge in [0.1, 0.15) is 11.4 Å². The molecule has 0 amide bonds. The number of benzene rings is 3. The molecule has 37 heavy (non-hydrogen) atoms. The standard InChI is InChI=1S/C26H24Cl2N8S/c27-22-13-12-19(16-23(22)28)18-35-31-24(25(32-35)20-8-3-1-4-9-20)17-29-14-7-15-37-26-30-33-34-36(26)21-10-5-2-6-11-21/h1-6,8-13,16,29H,7,14-15,17-18H2. The number of thioether (sulfide) groups is 1. The number of hydrogen-bond acceptors (Lipinski definition) is 7. The van der Waals surface area contributed by atoms with Crippen molar-refractivity contribution < 1.29 is 0 Å². The predicted octanol–water partition coefficient (Wildman–Crippen LogP) is 5.55. The van der Waals surface area contributed by atoms with Gasteiger partial charge < -0.3 is 5.32 Å². The van der Waals surface area contributed by atoms with E-state index in [9.17, 15) is 0 Å². The summed E-state index contributed by atoms with van der Waals surface area (Å²) in [6, 6.07) is 25.6. The molecule has 0 saturated heterocycles. The molecule has 0 spiro atoms. The minimum absolute atomic E-state index is 0.503. The van der Waals surface area contributed by atoms with Crippen molar-refractivity contribution in [3.05, 3.63) is 100 Å². The SMILES string of the molecule is Clc1ccc(Cn2nc(CNCCCSc3nnnn3-c3ccccc3)c(-c3ccccc3)n2)cc1Cl. The zero-order valence-corrected chi connectivity index (χ0v) is 22.2. The van der Waals surface area contributed by atoms with E-state index in [2.05, 4.69) is 20.8 Å². The molecule has 0 aliphatic heterocycles. The molecule has 5 rings (SSSR count). The van der Waals surface area contributed by atoms with Crippen LogP contribution in [-0.4, -0.2) is 47.5 Å². The van der Waals surface area contributed by atoms with Gasteiger partial charge in [0.25, 0.3) is 0 Å². The third-order valence-electron chi connectivity index (χ3n) is 5.54. The lowest BCUT2D eigenvalue weighted by Crippen LogP contribution is -2.16. The average Bonchev–Trinajstić information content (AvgIpc) is 3.56. The lowest BCUT2D eigenvalue weighted by Gasteiger charge is -2.05. The van der Waals surface area contributed by atoms with Crippen molar-refractivity contribution in [2.45, 2.75) is 24.7 Å². The lowest BCUT2D eigenvalue weighted by molar-refractivity contribution is 0.576. The summed E-state index contributed by atoms with van der Waals surface area (Å²) in [6.45, 7) is 1.94. The van der Waals surface area contributed by atoms with Crippen LogP contribution in [0.1, 0.15) is 17.7 Å². The van der Waals surface area contributed by atoms with Crippen LogP contribution >= 0.6 is 35.0 Å². The van der Waals surface area contributed by atoms with Crippen molar-refractivity contribution in [3.8, 4) is 16.9 Å². The number of tetrazole rings is 1. The molecular formula is C26H24Cl2N8S. The smallest absolute Gasteiger partial charge is 0.214 e. The van der Waals surface area contributed by atoms with Gasteiger partial charge in [-0.1, -0.05) is 89.6 Å². The number of aromatic nitrogens is 7. The molecule has 0 unspecified atom stereocenters. The Morgan fingerprint density at radius 2 is 1.65 bits per heavy atom. The highest BCUT2D eigenvalue weighted by atomic mass is 35.5. The Morgan fingerprint density at radius 1 is 0.865 bits per heavy atom. The quantitative estimate of drug-likeness (QED) is 0.170. The van der Waals surface area contributed by atoms with E-state index >= 15 is 0 Å². The maximum absolute atomic E-state index is 6.19. The zero-order chi connectivity index (χ0) is 25.5. The fourth-order valence-electron chi connectivity index (χ4n) is 3.76. The number of nitrogens with one attached hydrogen (secondary N) is 1. The maximum Gasteiger partial charge on any atom is 0.214 e. The predicted molar refractivity (Wildman–Crippen MR) is 147 cm³/mol. The Labute approximate surface area is 229 Å². The normalized spacial score (nSPS) is 11.2. The van der Waals surface area contributed by atoms with E-state index in [1.807, 2.05) is 72.8 Å². The molecule has 0 atom stereocenters. The van der Waals surface area contributed by atoms with E-state index in [0.29, 0.717) is 23.1 Å². The molecule has 8 nitrogen and oxygen atoms in total. The van der Waals surface area contributed by atoms with Crippen LogP contribution < -0.4 is 5.32 Å². The van der Waals surface area contributed by atoms with Crippen LogP contribution in [0.2, 0.25) is 10.0 Å². The lowest BCUT2D eigenvalue weighted by atomic mass is 10.1. The van der Waals surface area contributed by atoms with Gasteiger partial charge in [-0.05, 0) is 53.2 Å². The molecule has 0 bridgehead atoms. The van der Waals surface area contributed by atoms with Gasteiger partial charge in [0.2, 0.25) is 5.16 Å². The van der Waals surface area contributed by atoms with Crippen molar-refractivity contribution in [1.29, 1.82) is 0 Å². The van der Waals surface area contributed by atoms with Gasteiger partial charge in [0.15, 0.2) is 0 Å². The second kappa shape index (κ2) is 12.3. The van der Waals surface area contributed by atoms with Crippen molar-refractivity contribution in [2.75, 3.05) is 12.3 Å². The van der Waals surface area contributed by atoms with E-state index in [0.717, 1.165) is 52.1 Å². The maximum atomic E-state index is 6.19. The minimum atomic E-state index is 0.503. The van der Waals surface area contributed by atoms with Crippen molar-refractivity contribution >= 4 is 35.0 Å². The molecule has 1 N–H and O–H groups in total. The summed E-state index contributed by atoms with van der Waals surface area (Å²) in [4.78, 5) is 1.71. The third kappa shape index (κ3) is 6.56. The Morgan fingerprint density at radius 3 is 2.43 bits per heavy atom. The van der Waals surface area contributed by atoms with Gasteiger partial charge in [0.05, 0.1) is 22.3 Å². The molecule has 0 fully saturated rings. The van der Waals surface area contributed by atoms with E-state index in [-0.39, 0.29) is 0 Å². The fraction of sp³-hybridized carbons (Fsp3) is 0.192. The number of hydrogen-bond donors (Lipinski definition) is 1. The molecule has 0 aliphatic rings. The number of rotatable bonds is 11. The van der Waals surface area contributed by atoms with Crippen LogP contribution in [0.5, 0.6) is 0 Å². The molecule has 3 aromatic carbocycles. The van der Waals surface area contributed by atoms with Crippen LogP contribution in [0, 0.1) is 0 Å². The summed E-state index contributed by atoms with van der Waals surface area (Å²) in [5, 5.41) is 27.0. The molecule has 5 aromatic rings. The Kier molecular flexibility index (Phi) is 8.47. The molecule has 188 valence electrons. The first kappa shape index (κ1) is 25.4. The molecule has 0 radical (unpaired) electrons. The van der Waals surface area contributed by atoms with Crippen LogP contribution in [0.3, 0.4) is 0 Å². The Hall–Kier alpha value is -3.24. The van der Waals surface area contributed by atoms with Crippen LogP contribution in [0.15, 0.2) is 84.0 Å². The van der Waals surface area contributed by atoms with Gasteiger partial charge in [0, 0.05) is 17.9 Å². The van der Waals surface area contributed by atoms with E-state index in [1.54, 1.807) is 27.3 Å². The number of nitrogens with zero attached hydrogens (tertiary/aromatic N) is 7. The summed E-state index contributed by atoms with van der Waals surface area (Å²) >= 11 is 13.9. The Balaban J connectivity index is 1.18. The monoisotopic (exact) mass is 550 g/mol. The number of halogens is 2.